The minimum Gasteiger partial charge on any atom is -0.461 e. The summed E-state index contributed by atoms with van der Waals surface area (Å²) in [6.45, 7) is 9.00. The van der Waals surface area contributed by atoms with Gasteiger partial charge >= 0.3 is 5.97 Å². The van der Waals surface area contributed by atoms with E-state index in [1.165, 1.54) is 38.2 Å². The van der Waals surface area contributed by atoms with Gasteiger partial charge in [-0.05, 0) is 60.8 Å². The quantitative estimate of drug-likeness (QED) is 0.545. The summed E-state index contributed by atoms with van der Waals surface area (Å²) in [7, 11) is 0. The van der Waals surface area contributed by atoms with Gasteiger partial charge in [0.25, 0.3) is 0 Å². The van der Waals surface area contributed by atoms with Gasteiger partial charge in [0.15, 0.2) is 0 Å². The van der Waals surface area contributed by atoms with E-state index >= 15 is 0 Å². The van der Waals surface area contributed by atoms with Gasteiger partial charge in [0, 0.05) is 6.92 Å². The van der Waals surface area contributed by atoms with Crippen molar-refractivity contribution >= 4 is 5.97 Å². The molecule has 0 aromatic rings. The fourth-order valence-corrected chi connectivity index (χ4v) is 4.26. The minimum atomic E-state index is -0.181. The third kappa shape index (κ3) is 3.04. The molecule has 108 valence electrons. The second kappa shape index (κ2) is 5.68. The van der Waals surface area contributed by atoms with Crippen molar-refractivity contribution in [2.75, 3.05) is 6.61 Å². The van der Waals surface area contributed by atoms with E-state index in [0.717, 1.165) is 24.2 Å². The molecule has 0 N–H and O–H groups in total. The third-order valence-corrected chi connectivity index (χ3v) is 5.63. The molecule has 0 aromatic heterocycles. The van der Waals surface area contributed by atoms with Crippen LogP contribution >= 0.6 is 0 Å². The summed E-state index contributed by atoms with van der Waals surface area (Å²) >= 11 is 0. The average Bonchev–Trinajstić information content (AvgIpc) is 2.89. The van der Waals surface area contributed by atoms with Crippen LogP contribution in [0.1, 0.15) is 59.8 Å². The van der Waals surface area contributed by atoms with Gasteiger partial charge in [-0.2, -0.15) is 0 Å². The molecule has 2 saturated carbocycles. The molecule has 2 rings (SSSR count). The molecule has 0 spiro atoms. The van der Waals surface area contributed by atoms with E-state index in [-0.39, 0.29) is 5.97 Å². The van der Waals surface area contributed by atoms with Crippen molar-refractivity contribution in [2.24, 2.45) is 23.2 Å². The van der Waals surface area contributed by atoms with E-state index in [2.05, 4.69) is 26.8 Å². The van der Waals surface area contributed by atoms with Crippen molar-refractivity contribution in [2.45, 2.75) is 59.8 Å². The molecule has 2 heteroatoms. The molecule has 0 aliphatic heterocycles. The maximum atomic E-state index is 10.9. The number of rotatable bonds is 5. The number of hydrogen-bond donors (Lipinski definition) is 0. The lowest BCUT2D eigenvalue weighted by molar-refractivity contribution is -0.140. The summed E-state index contributed by atoms with van der Waals surface area (Å²) in [6.07, 6.45) is 8.80. The molecule has 3 unspecified atom stereocenters. The molecule has 19 heavy (non-hydrogen) atoms. The zero-order valence-electron chi connectivity index (χ0n) is 12.9. The average molecular weight is 264 g/mol. The fourth-order valence-electron chi connectivity index (χ4n) is 4.26. The van der Waals surface area contributed by atoms with Crippen LogP contribution < -0.4 is 0 Å². The smallest absolute Gasteiger partial charge is 0.302 e. The van der Waals surface area contributed by atoms with Crippen molar-refractivity contribution in [3.63, 3.8) is 0 Å². The highest BCUT2D eigenvalue weighted by molar-refractivity contribution is 5.66. The minimum absolute atomic E-state index is 0.181. The predicted octanol–water partition coefficient (Wildman–Crippen LogP) is 4.35. The maximum Gasteiger partial charge on any atom is 0.302 e. The molecule has 0 aromatic carbocycles. The molecule has 0 heterocycles. The van der Waals surface area contributed by atoms with Crippen molar-refractivity contribution in [1.29, 1.82) is 0 Å². The first-order chi connectivity index (χ1) is 8.95. The zero-order chi connectivity index (χ0) is 14.0. The van der Waals surface area contributed by atoms with E-state index in [4.69, 9.17) is 4.74 Å². The molecule has 0 radical (unpaired) electrons. The number of hydrogen-bond acceptors (Lipinski definition) is 2. The largest absolute Gasteiger partial charge is 0.461 e. The molecule has 0 amide bonds. The van der Waals surface area contributed by atoms with Gasteiger partial charge in [0.1, 0.15) is 6.61 Å². The van der Waals surface area contributed by atoms with E-state index in [1.807, 2.05) is 0 Å². The SMILES string of the molecule is CC/C(=C\CC1C2CCC(C2)C1(C)C)COC(C)=O. The van der Waals surface area contributed by atoms with Crippen LogP contribution in [-0.4, -0.2) is 12.6 Å². The first kappa shape index (κ1) is 14.6. The molecule has 3 atom stereocenters. The number of esters is 1. The Bertz CT molecular complexity index is 367. The van der Waals surface area contributed by atoms with Gasteiger partial charge in [0.05, 0.1) is 0 Å². The Morgan fingerprint density at radius 2 is 2.11 bits per heavy atom. The first-order valence-electron chi connectivity index (χ1n) is 7.76. The van der Waals surface area contributed by atoms with E-state index in [9.17, 15) is 4.79 Å². The number of carbonyl (C=O) groups is 1. The summed E-state index contributed by atoms with van der Waals surface area (Å²) in [5, 5.41) is 0. The summed E-state index contributed by atoms with van der Waals surface area (Å²) < 4.78 is 5.12. The topological polar surface area (TPSA) is 26.3 Å². The number of ether oxygens (including phenoxy) is 1. The molecule has 2 fully saturated rings. The van der Waals surface area contributed by atoms with Gasteiger partial charge in [-0.25, -0.2) is 0 Å². The van der Waals surface area contributed by atoms with Crippen LogP contribution in [0.25, 0.3) is 0 Å². The van der Waals surface area contributed by atoms with Gasteiger partial charge in [-0.3, -0.25) is 4.79 Å². The van der Waals surface area contributed by atoms with Crippen molar-refractivity contribution in [3.05, 3.63) is 11.6 Å². The van der Waals surface area contributed by atoms with Crippen LogP contribution in [0.15, 0.2) is 11.6 Å². The molecular weight excluding hydrogens is 236 g/mol. The van der Waals surface area contributed by atoms with Gasteiger partial charge in [-0.1, -0.05) is 26.8 Å². The molecular formula is C17H28O2. The number of carbonyl (C=O) groups excluding carboxylic acids is 1. The first-order valence-corrected chi connectivity index (χ1v) is 7.76. The fraction of sp³-hybridized carbons (Fsp3) is 0.824. The Morgan fingerprint density at radius 3 is 2.63 bits per heavy atom. The normalized spacial score (nSPS) is 32.6. The standard InChI is InChI=1S/C17H28O2/c1-5-13(11-19-12(2)18)6-9-16-14-7-8-15(10-14)17(16,3)4/h6,14-16H,5,7-11H2,1-4H3/b13-6+. The van der Waals surface area contributed by atoms with Crippen LogP contribution in [0.4, 0.5) is 0 Å². The Hall–Kier alpha value is -0.790. The van der Waals surface area contributed by atoms with Crippen LogP contribution in [-0.2, 0) is 9.53 Å². The number of fused-ring (bicyclic) bond motifs is 2. The monoisotopic (exact) mass is 264 g/mol. The predicted molar refractivity (Wildman–Crippen MR) is 77.7 cm³/mol. The zero-order valence-corrected chi connectivity index (χ0v) is 12.9. The summed E-state index contributed by atoms with van der Waals surface area (Å²) in [4.78, 5) is 10.9. The van der Waals surface area contributed by atoms with Crippen LogP contribution in [0.2, 0.25) is 0 Å². The van der Waals surface area contributed by atoms with Gasteiger partial charge < -0.3 is 4.74 Å². The Labute approximate surface area is 117 Å². The van der Waals surface area contributed by atoms with Crippen LogP contribution in [0.3, 0.4) is 0 Å². The van der Waals surface area contributed by atoms with Crippen molar-refractivity contribution < 1.29 is 9.53 Å². The Morgan fingerprint density at radius 1 is 1.37 bits per heavy atom. The van der Waals surface area contributed by atoms with Crippen LogP contribution in [0.5, 0.6) is 0 Å². The summed E-state index contributed by atoms with van der Waals surface area (Å²) in [5.41, 5.74) is 1.77. The van der Waals surface area contributed by atoms with Gasteiger partial charge in [-0.15, -0.1) is 0 Å². The highest BCUT2D eigenvalue weighted by atomic mass is 16.5. The number of allylic oxidation sites excluding steroid dienone is 1. The lowest BCUT2D eigenvalue weighted by Crippen LogP contribution is -2.30. The second-order valence-corrected chi connectivity index (χ2v) is 6.93. The lowest BCUT2D eigenvalue weighted by atomic mass is 9.67. The van der Waals surface area contributed by atoms with Crippen molar-refractivity contribution in [1.82, 2.24) is 0 Å². The maximum absolute atomic E-state index is 10.9. The summed E-state index contributed by atoms with van der Waals surface area (Å²) in [6, 6.07) is 0. The van der Waals surface area contributed by atoms with E-state index in [0.29, 0.717) is 12.0 Å². The third-order valence-electron chi connectivity index (χ3n) is 5.63. The molecule has 2 nitrogen and oxygen atoms in total. The molecule has 0 saturated heterocycles. The summed E-state index contributed by atoms with van der Waals surface area (Å²) in [5.74, 6) is 2.52. The second-order valence-electron chi connectivity index (χ2n) is 6.93. The van der Waals surface area contributed by atoms with Crippen LogP contribution in [0, 0.1) is 23.2 Å². The van der Waals surface area contributed by atoms with Crippen molar-refractivity contribution in [3.8, 4) is 0 Å². The van der Waals surface area contributed by atoms with Gasteiger partial charge in [0.2, 0.25) is 0 Å². The highest BCUT2D eigenvalue weighted by Gasteiger charge is 2.51. The van der Waals surface area contributed by atoms with E-state index < -0.39 is 0 Å². The molecule has 2 aliphatic carbocycles. The molecule has 2 aliphatic rings. The highest BCUT2D eigenvalue weighted by Crippen LogP contribution is 2.60. The van der Waals surface area contributed by atoms with E-state index in [1.54, 1.807) is 0 Å². The Kier molecular flexibility index (Phi) is 4.37. The lowest BCUT2D eigenvalue weighted by Gasteiger charge is -2.38. The molecule has 2 bridgehead atoms. The Balaban J connectivity index is 1.94.